The summed E-state index contributed by atoms with van der Waals surface area (Å²) in [4.78, 5) is 17.1. The average molecular weight is 635 g/mol. The van der Waals surface area contributed by atoms with Crippen molar-refractivity contribution in [1.29, 1.82) is 0 Å². The second kappa shape index (κ2) is 17.0. The number of rotatable bonds is 18. The standard InChI is InChI=1S/C33H41F3N2O7/c1-23(38-31(40)32(2,3)45-30-13-10-26(22-37-30)33(34,35)36)29(20-24-8-11-27(41-4)12-9-24)25-6-5-7-28(21-25)44-19-18-43-17-16-42-15-14-39/h5-13,21-23,29,39H,14-20H2,1-4H3,(H,38,40). The predicted molar refractivity (Wildman–Crippen MR) is 162 cm³/mol. The van der Waals surface area contributed by atoms with E-state index >= 15 is 0 Å². The van der Waals surface area contributed by atoms with Gasteiger partial charge in [0, 0.05) is 24.2 Å². The third-order valence-electron chi connectivity index (χ3n) is 6.94. The van der Waals surface area contributed by atoms with E-state index in [0.717, 1.165) is 29.0 Å². The quantitative estimate of drug-likeness (QED) is 0.184. The molecule has 0 aliphatic carbocycles. The van der Waals surface area contributed by atoms with E-state index in [9.17, 15) is 18.0 Å². The van der Waals surface area contributed by atoms with Crippen LogP contribution in [0, 0.1) is 0 Å². The van der Waals surface area contributed by atoms with E-state index < -0.39 is 23.2 Å². The highest BCUT2D eigenvalue weighted by molar-refractivity contribution is 5.85. The molecule has 1 aromatic heterocycles. The smallest absolute Gasteiger partial charge is 0.417 e. The minimum atomic E-state index is -4.53. The Balaban J connectivity index is 1.71. The molecule has 0 bridgehead atoms. The number of hydrogen-bond acceptors (Lipinski definition) is 8. The molecule has 1 amide bonds. The van der Waals surface area contributed by atoms with Gasteiger partial charge in [0.25, 0.3) is 5.91 Å². The molecule has 0 radical (unpaired) electrons. The highest BCUT2D eigenvalue weighted by Gasteiger charge is 2.34. The number of aliphatic hydroxyl groups excluding tert-OH is 1. The monoisotopic (exact) mass is 634 g/mol. The van der Waals surface area contributed by atoms with Crippen LogP contribution < -0.4 is 19.5 Å². The maximum absolute atomic E-state index is 13.4. The molecule has 12 heteroatoms. The SMILES string of the molecule is COc1ccc(CC(c2cccc(OCCOCCOCCO)c2)C(C)NC(=O)C(C)(C)Oc2ccc(C(F)(F)F)cn2)cc1. The molecular formula is C33H41F3N2O7. The first-order valence-electron chi connectivity index (χ1n) is 14.6. The second-order valence-corrected chi connectivity index (χ2v) is 10.8. The zero-order valence-electron chi connectivity index (χ0n) is 25.9. The van der Waals surface area contributed by atoms with Crippen molar-refractivity contribution in [3.63, 3.8) is 0 Å². The van der Waals surface area contributed by atoms with Crippen LogP contribution in [0.5, 0.6) is 17.4 Å². The predicted octanol–water partition coefficient (Wildman–Crippen LogP) is 5.20. The van der Waals surface area contributed by atoms with Gasteiger partial charge in [0.1, 0.15) is 18.1 Å². The molecule has 0 saturated heterocycles. The van der Waals surface area contributed by atoms with Crippen molar-refractivity contribution in [2.24, 2.45) is 0 Å². The Morgan fingerprint density at radius 2 is 1.62 bits per heavy atom. The van der Waals surface area contributed by atoms with Crippen LogP contribution in [0.3, 0.4) is 0 Å². The third kappa shape index (κ3) is 11.5. The fourth-order valence-corrected chi connectivity index (χ4v) is 4.44. The number of aromatic nitrogens is 1. The van der Waals surface area contributed by atoms with Gasteiger partial charge in [0.05, 0.1) is 45.7 Å². The molecule has 2 atom stereocenters. The van der Waals surface area contributed by atoms with Gasteiger partial charge in [-0.1, -0.05) is 24.3 Å². The van der Waals surface area contributed by atoms with Crippen LogP contribution in [0.4, 0.5) is 13.2 Å². The number of carbonyl (C=O) groups is 1. The Bertz CT molecular complexity index is 1320. The van der Waals surface area contributed by atoms with Gasteiger partial charge in [0.15, 0.2) is 5.60 Å². The number of nitrogens with zero attached hydrogens (tertiary/aromatic N) is 1. The van der Waals surface area contributed by atoms with E-state index in [1.165, 1.54) is 13.8 Å². The number of amides is 1. The summed E-state index contributed by atoms with van der Waals surface area (Å²) < 4.78 is 66.4. The lowest BCUT2D eigenvalue weighted by molar-refractivity contribution is -0.138. The molecule has 0 aliphatic rings. The average Bonchev–Trinajstić information content (AvgIpc) is 3.01. The zero-order chi connectivity index (χ0) is 32.9. The van der Waals surface area contributed by atoms with Gasteiger partial charge in [-0.05, 0) is 68.7 Å². The second-order valence-electron chi connectivity index (χ2n) is 10.8. The van der Waals surface area contributed by atoms with Crippen LogP contribution in [-0.4, -0.2) is 74.4 Å². The molecule has 1 heterocycles. The van der Waals surface area contributed by atoms with Gasteiger partial charge in [-0.2, -0.15) is 13.2 Å². The Morgan fingerprint density at radius 1 is 0.933 bits per heavy atom. The Labute approximate surface area is 261 Å². The van der Waals surface area contributed by atoms with Crippen LogP contribution in [-0.2, 0) is 26.9 Å². The number of hydrogen-bond donors (Lipinski definition) is 2. The van der Waals surface area contributed by atoms with Gasteiger partial charge in [-0.15, -0.1) is 0 Å². The molecule has 0 saturated carbocycles. The lowest BCUT2D eigenvalue weighted by atomic mass is 9.86. The number of methoxy groups -OCH3 is 1. The molecular weight excluding hydrogens is 593 g/mol. The van der Waals surface area contributed by atoms with Crippen LogP contribution in [0.1, 0.15) is 43.4 Å². The summed E-state index contributed by atoms with van der Waals surface area (Å²) in [6.45, 7) is 6.63. The lowest BCUT2D eigenvalue weighted by Crippen LogP contribution is -2.51. The van der Waals surface area contributed by atoms with Crippen molar-refractivity contribution < 1.29 is 46.8 Å². The zero-order valence-corrected chi connectivity index (χ0v) is 25.9. The number of carbonyl (C=O) groups excluding carboxylic acids is 1. The number of aliphatic hydroxyl groups is 1. The maximum Gasteiger partial charge on any atom is 0.417 e. The summed E-state index contributed by atoms with van der Waals surface area (Å²) in [5, 5.41) is 11.8. The number of alkyl halides is 3. The van der Waals surface area contributed by atoms with Crippen molar-refractivity contribution in [3.05, 3.63) is 83.6 Å². The summed E-state index contributed by atoms with van der Waals surface area (Å²) >= 11 is 0. The van der Waals surface area contributed by atoms with Gasteiger partial charge in [0.2, 0.25) is 5.88 Å². The summed E-state index contributed by atoms with van der Waals surface area (Å²) in [5.74, 6) is 0.625. The maximum atomic E-state index is 13.4. The summed E-state index contributed by atoms with van der Waals surface area (Å²) in [6, 6.07) is 16.9. The Hall–Kier alpha value is -3.87. The summed E-state index contributed by atoms with van der Waals surface area (Å²) in [7, 11) is 1.60. The van der Waals surface area contributed by atoms with E-state index in [-0.39, 0.29) is 31.1 Å². The minimum absolute atomic E-state index is 0.0348. The molecule has 45 heavy (non-hydrogen) atoms. The van der Waals surface area contributed by atoms with E-state index in [1.807, 2.05) is 55.5 Å². The van der Waals surface area contributed by atoms with Crippen molar-refractivity contribution in [2.45, 2.75) is 50.9 Å². The van der Waals surface area contributed by atoms with Gasteiger partial charge in [-0.25, -0.2) is 4.98 Å². The van der Waals surface area contributed by atoms with E-state index in [1.54, 1.807) is 7.11 Å². The topological polar surface area (TPSA) is 108 Å². The number of benzene rings is 2. The van der Waals surface area contributed by atoms with Crippen LogP contribution in [0.25, 0.3) is 0 Å². The fourth-order valence-electron chi connectivity index (χ4n) is 4.44. The highest BCUT2D eigenvalue weighted by Crippen LogP contribution is 2.31. The summed E-state index contributed by atoms with van der Waals surface area (Å²) in [6.07, 6.45) is -3.28. The fraction of sp³-hybridized carbons (Fsp3) is 0.455. The molecule has 2 unspecified atom stereocenters. The lowest BCUT2D eigenvalue weighted by Gasteiger charge is -2.31. The highest BCUT2D eigenvalue weighted by atomic mass is 19.4. The molecule has 2 aromatic carbocycles. The summed E-state index contributed by atoms with van der Waals surface area (Å²) in [5.41, 5.74) is -0.387. The van der Waals surface area contributed by atoms with Gasteiger partial charge in [-0.3, -0.25) is 4.79 Å². The van der Waals surface area contributed by atoms with Crippen LogP contribution in [0.2, 0.25) is 0 Å². The first-order valence-corrected chi connectivity index (χ1v) is 14.6. The number of ether oxygens (including phenoxy) is 5. The van der Waals surface area contributed by atoms with Crippen molar-refractivity contribution in [2.75, 3.05) is 46.8 Å². The van der Waals surface area contributed by atoms with Gasteiger partial charge < -0.3 is 34.1 Å². The number of nitrogens with one attached hydrogen (secondary N) is 1. The third-order valence-corrected chi connectivity index (χ3v) is 6.94. The van der Waals surface area contributed by atoms with E-state index in [4.69, 9.17) is 28.8 Å². The molecule has 2 N–H and O–H groups in total. The van der Waals surface area contributed by atoms with Crippen LogP contribution in [0.15, 0.2) is 66.9 Å². The van der Waals surface area contributed by atoms with Crippen molar-refractivity contribution in [1.82, 2.24) is 10.3 Å². The normalized spacial score (nSPS) is 13.2. The van der Waals surface area contributed by atoms with Crippen molar-refractivity contribution in [3.8, 4) is 17.4 Å². The first-order chi connectivity index (χ1) is 21.4. The molecule has 3 aromatic rings. The Kier molecular flexibility index (Phi) is 13.4. The minimum Gasteiger partial charge on any atom is -0.497 e. The molecule has 0 fully saturated rings. The molecule has 3 rings (SSSR count). The van der Waals surface area contributed by atoms with Crippen LogP contribution >= 0.6 is 0 Å². The molecule has 9 nitrogen and oxygen atoms in total. The number of halogens is 3. The largest absolute Gasteiger partial charge is 0.497 e. The van der Waals surface area contributed by atoms with Crippen molar-refractivity contribution >= 4 is 5.91 Å². The molecule has 0 spiro atoms. The van der Waals surface area contributed by atoms with E-state index in [2.05, 4.69) is 10.3 Å². The first kappa shape index (κ1) is 35.6. The number of pyridine rings is 1. The van der Waals surface area contributed by atoms with E-state index in [0.29, 0.717) is 44.8 Å². The molecule has 246 valence electrons. The Morgan fingerprint density at radius 3 is 2.24 bits per heavy atom. The molecule has 0 aliphatic heterocycles. The van der Waals surface area contributed by atoms with Gasteiger partial charge >= 0.3 is 6.18 Å².